The van der Waals surface area contributed by atoms with E-state index in [9.17, 15) is 5.11 Å². The monoisotopic (exact) mass is 264 g/mol. The number of phenolic OH excluding ortho intramolecular Hbond substituents is 1. The SMILES string of the molecule is CCC(C)(C)c1cc(OC)c(C(C)(C)CC)cc1O. The molecule has 108 valence electrons. The molecule has 0 saturated heterocycles. The third-order valence-corrected chi connectivity index (χ3v) is 4.54. The van der Waals surface area contributed by atoms with Gasteiger partial charge >= 0.3 is 0 Å². The number of hydrogen-bond donors (Lipinski definition) is 1. The molecule has 0 heterocycles. The van der Waals surface area contributed by atoms with E-state index in [1.54, 1.807) is 7.11 Å². The standard InChI is InChI=1S/C17H28O2/c1-8-16(3,4)12-11-15(19-7)13(10-14(12)18)17(5,6)9-2/h10-11,18H,8-9H2,1-7H3. The lowest BCUT2D eigenvalue weighted by molar-refractivity contribution is 0.377. The topological polar surface area (TPSA) is 29.5 Å². The average Bonchev–Trinajstić information content (AvgIpc) is 2.38. The van der Waals surface area contributed by atoms with E-state index in [1.165, 1.54) is 0 Å². The van der Waals surface area contributed by atoms with Crippen molar-refractivity contribution in [3.05, 3.63) is 23.3 Å². The van der Waals surface area contributed by atoms with Crippen molar-refractivity contribution >= 4 is 0 Å². The normalized spacial score (nSPS) is 12.6. The van der Waals surface area contributed by atoms with Crippen LogP contribution in [0.15, 0.2) is 12.1 Å². The molecular weight excluding hydrogens is 236 g/mol. The molecule has 0 unspecified atom stereocenters. The van der Waals surface area contributed by atoms with Crippen molar-refractivity contribution in [2.24, 2.45) is 0 Å². The first-order chi connectivity index (χ1) is 8.69. The maximum absolute atomic E-state index is 10.4. The first kappa shape index (κ1) is 15.9. The van der Waals surface area contributed by atoms with Gasteiger partial charge in [-0.05, 0) is 35.8 Å². The Kier molecular flexibility index (Phi) is 4.54. The van der Waals surface area contributed by atoms with E-state index in [-0.39, 0.29) is 10.8 Å². The van der Waals surface area contributed by atoms with Crippen LogP contribution in [-0.2, 0) is 10.8 Å². The summed E-state index contributed by atoms with van der Waals surface area (Å²) in [6.07, 6.45) is 1.97. The highest BCUT2D eigenvalue weighted by atomic mass is 16.5. The summed E-state index contributed by atoms with van der Waals surface area (Å²) in [4.78, 5) is 0. The van der Waals surface area contributed by atoms with Gasteiger partial charge in [0.1, 0.15) is 11.5 Å². The summed E-state index contributed by atoms with van der Waals surface area (Å²) >= 11 is 0. The van der Waals surface area contributed by atoms with Crippen LogP contribution in [0.3, 0.4) is 0 Å². The summed E-state index contributed by atoms with van der Waals surface area (Å²) in [7, 11) is 1.70. The molecule has 0 bridgehead atoms. The fourth-order valence-electron chi connectivity index (χ4n) is 2.19. The van der Waals surface area contributed by atoms with Crippen molar-refractivity contribution in [3.8, 4) is 11.5 Å². The molecule has 1 aromatic carbocycles. The predicted molar refractivity (Wildman–Crippen MR) is 81.3 cm³/mol. The van der Waals surface area contributed by atoms with Crippen LogP contribution in [0.1, 0.15) is 65.5 Å². The minimum absolute atomic E-state index is 0.00227. The minimum Gasteiger partial charge on any atom is -0.508 e. The van der Waals surface area contributed by atoms with Gasteiger partial charge in [-0.25, -0.2) is 0 Å². The maximum atomic E-state index is 10.4. The molecule has 0 spiro atoms. The Hall–Kier alpha value is -1.18. The van der Waals surface area contributed by atoms with Crippen LogP contribution in [0.4, 0.5) is 0 Å². The Bertz CT molecular complexity index is 445. The van der Waals surface area contributed by atoms with Crippen molar-refractivity contribution in [2.45, 2.75) is 65.2 Å². The van der Waals surface area contributed by atoms with Crippen molar-refractivity contribution < 1.29 is 9.84 Å². The third kappa shape index (κ3) is 3.05. The van der Waals surface area contributed by atoms with Crippen LogP contribution in [-0.4, -0.2) is 12.2 Å². The highest BCUT2D eigenvalue weighted by Gasteiger charge is 2.28. The van der Waals surface area contributed by atoms with E-state index in [0.717, 1.165) is 29.7 Å². The van der Waals surface area contributed by atoms with Crippen LogP contribution < -0.4 is 4.74 Å². The molecule has 0 aliphatic heterocycles. The molecule has 1 aromatic rings. The molecule has 0 aliphatic rings. The molecular formula is C17H28O2. The molecule has 0 aromatic heterocycles. The smallest absolute Gasteiger partial charge is 0.123 e. The zero-order chi connectivity index (χ0) is 14.8. The minimum atomic E-state index is -0.0494. The van der Waals surface area contributed by atoms with Crippen molar-refractivity contribution in [2.75, 3.05) is 7.11 Å². The molecule has 19 heavy (non-hydrogen) atoms. The molecule has 0 aliphatic carbocycles. The lowest BCUT2D eigenvalue weighted by Gasteiger charge is -2.30. The maximum Gasteiger partial charge on any atom is 0.123 e. The largest absolute Gasteiger partial charge is 0.508 e. The average molecular weight is 264 g/mol. The Balaban J connectivity index is 3.46. The molecule has 0 fully saturated rings. The number of rotatable bonds is 5. The molecule has 1 N–H and O–H groups in total. The van der Waals surface area contributed by atoms with Crippen molar-refractivity contribution in [1.29, 1.82) is 0 Å². The second-order valence-corrected chi connectivity index (χ2v) is 6.54. The third-order valence-electron chi connectivity index (χ3n) is 4.54. The van der Waals surface area contributed by atoms with Gasteiger partial charge in [0, 0.05) is 11.1 Å². The Morgan fingerprint density at radius 3 is 1.84 bits per heavy atom. The summed E-state index contributed by atoms with van der Waals surface area (Å²) in [5, 5.41) is 10.4. The predicted octanol–water partition coefficient (Wildman–Crippen LogP) is 4.78. The van der Waals surface area contributed by atoms with Gasteiger partial charge in [-0.15, -0.1) is 0 Å². The molecule has 1 rings (SSSR count). The molecule has 0 radical (unpaired) electrons. The number of benzene rings is 1. The summed E-state index contributed by atoms with van der Waals surface area (Å²) in [6, 6.07) is 3.89. The number of phenols is 1. The van der Waals surface area contributed by atoms with E-state index in [2.05, 4.69) is 41.5 Å². The van der Waals surface area contributed by atoms with E-state index >= 15 is 0 Å². The highest BCUT2D eigenvalue weighted by Crippen LogP contribution is 2.42. The fourth-order valence-corrected chi connectivity index (χ4v) is 2.19. The van der Waals surface area contributed by atoms with Crippen LogP contribution >= 0.6 is 0 Å². The molecule has 2 heteroatoms. The molecule has 0 amide bonds. The number of hydrogen-bond acceptors (Lipinski definition) is 2. The van der Waals surface area contributed by atoms with Gasteiger partial charge in [-0.3, -0.25) is 0 Å². The van der Waals surface area contributed by atoms with Crippen LogP contribution in [0.25, 0.3) is 0 Å². The zero-order valence-corrected chi connectivity index (χ0v) is 13.4. The number of aromatic hydroxyl groups is 1. The van der Waals surface area contributed by atoms with Crippen LogP contribution in [0.2, 0.25) is 0 Å². The Morgan fingerprint density at radius 2 is 1.42 bits per heavy atom. The lowest BCUT2D eigenvalue weighted by Crippen LogP contribution is -2.20. The van der Waals surface area contributed by atoms with Crippen molar-refractivity contribution in [3.63, 3.8) is 0 Å². The van der Waals surface area contributed by atoms with Gasteiger partial charge in [-0.2, -0.15) is 0 Å². The van der Waals surface area contributed by atoms with E-state index in [1.807, 2.05) is 12.1 Å². The lowest BCUT2D eigenvalue weighted by atomic mass is 9.77. The zero-order valence-electron chi connectivity index (χ0n) is 13.4. The van der Waals surface area contributed by atoms with E-state index < -0.39 is 0 Å². The van der Waals surface area contributed by atoms with Gasteiger partial charge in [0.15, 0.2) is 0 Å². The summed E-state index contributed by atoms with van der Waals surface area (Å²) in [5.74, 6) is 1.25. The summed E-state index contributed by atoms with van der Waals surface area (Å²) in [6.45, 7) is 12.9. The van der Waals surface area contributed by atoms with E-state index in [4.69, 9.17) is 4.74 Å². The van der Waals surface area contributed by atoms with Gasteiger partial charge in [-0.1, -0.05) is 41.5 Å². The molecule has 0 saturated carbocycles. The summed E-state index contributed by atoms with van der Waals surface area (Å²) < 4.78 is 5.56. The van der Waals surface area contributed by atoms with Crippen LogP contribution in [0.5, 0.6) is 11.5 Å². The summed E-state index contributed by atoms with van der Waals surface area (Å²) in [5.41, 5.74) is 1.98. The Labute approximate surface area is 117 Å². The van der Waals surface area contributed by atoms with Gasteiger partial charge in [0.05, 0.1) is 7.11 Å². The molecule has 2 nitrogen and oxygen atoms in total. The van der Waals surface area contributed by atoms with E-state index in [0.29, 0.717) is 5.75 Å². The van der Waals surface area contributed by atoms with Crippen molar-refractivity contribution in [1.82, 2.24) is 0 Å². The van der Waals surface area contributed by atoms with Gasteiger partial charge in [0.2, 0.25) is 0 Å². The number of ether oxygens (including phenoxy) is 1. The van der Waals surface area contributed by atoms with Gasteiger partial charge in [0.25, 0.3) is 0 Å². The second kappa shape index (κ2) is 5.44. The number of methoxy groups -OCH3 is 1. The first-order valence-corrected chi connectivity index (χ1v) is 7.11. The highest BCUT2D eigenvalue weighted by molar-refractivity contribution is 5.51. The Morgan fingerprint density at radius 1 is 0.947 bits per heavy atom. The quantitative estimate of drug-likeness (QED) is 0.829. The second-order valence-electron chi connectivity index (χ2n) is 6.54. The van der Waals surface area contributed by atoms with Gasteiger partial charge < -0.3 is 9.84 Å². The fraction of sp³-hybridized carbons (Fsp3) is 0.647. The molecule has 0 atom stereocenters. The van der Waals surface area contributed by atoms with Crippen LogP contribution in [0, 0.1) is 0 Å². The first-order valence-electron chi connectivity index (χ1n) is 7.11.